The summed E-state index contributed by atoms with van der Waals surface area (Å²) in [6, 6.07) is 19.2. The highest BCUT2D eigenvalue weighted by Crippen LogP contribution is 2.27. The number of sulfonamides is 1. The molecule has 1 heterocycles. The number of nitrogens with zero attached hydrogens (tertiary/aromatic N) is 2. The monoisotopic (exact) mass is 455 g/mol. The van der Waals surface area contributed by atoms with Crippen molar-refractivity contribution in [3.05, 3.63) is 98.7 Å². The van der Waals surface area contributed by atoms with E-state index in [0.29, 0.717) is 11.2 Å². The van der Waals surface area contributed by atoms with E-state index in [9.17, 15) is 18.0 Å². The third-order valence-electron chi connectivity index (χ3n) is 4.88. The van der Waals surface area contributed by atoms with Crippen molar-refractivity contribution in [1.82, 2.24) is 9.55 Å². The molecule has 7 nitrogen and oxygen atoms in total. The van der Waals surface area contributed by atoms with Crippen LogP contribution in [0.2, 0.25) is 5.02 Å². The molecule has 0 saturated heterocycles. The fourth-order valence-corrected chi connectivity index (χ4v) is 5.11. The van der Waals surface area contributed by atoms with Gasteiger partial charge in [-0.3, -0.25) is 9.10 Å². The van der Waals surface area contributed by atoms with Gasteiger partial charge in [0.1, 0.15) is 0 Å². The van der Waals surface area contributed by atoms with Crippen molar-refractivity contribution in [2.45, 2.75) is 11.8 Å². The van der Waals surface area contributed by atoms with Crippen LogP contribution in [0, 0.1) is 0 Å². The second-order valence-electron chi connectivity index (χ2n) is 6.73. The summed E-state index contributed by atoms with van der Waals surface area (Å²) in [7, 11) is -3.97. The quantitative estimate of drug-likeness (QED) is 0.498. The highest BCUT2D eigenvalue weighted by Gasteiger charge is 2.25. The fourth-order valence-electron chi connectivity index (χ4n) is 3.42. The Balaban J connectivity index is 1.92. The summed E-state index contributed by atoms with van der Waals surface area (Å²) < 4.78 is 28.8. The molecule has 0 aliphatic heterocycles. The van der Waals surface area contributed by atoms with Gasteiger partial charge in [-0.25, -0.2) is 17.8 Å². The number of fused-ring (bicyclic) bond motifs is 1. The lowest BCUT2D eigenvalue weighted by Crippen LogP contribution is -2.34. The van der Waals surface area contributed by atoms with E-state index in [1.54, 1.807) is 61.5 Å². The molecular formula is C22H18ClN3O4S. The van der Waals surface area contributed by atoms with Gasteiger partial charge >= 0.3 is 5.69 Å². The first kappa shape index (κ1) is 20.9. The zero-order chi connectivity index (χ0) is 22.2. The molecule has 31 heavy (non-hydrogen) atoms. The Morgan fingerprint density at radius 2 is 1.65 bits per heavy atom. The van der Waals surface area contributed by atoms with Gasteiger partial charge in [-0.2, -0.15) is 0 Å². The molecule has 0 aliphatic rings. The van der Waals surface area contributed by atoms with E-state index >= 15 is 0 Å². The Morgan fingerprint density at radius 1 is 0.968 bits per heavy atom. The number of para-hydroxylation sites is 2. The van der Waals surface area contributed by atoms with E-state index in [2.05, 4.69) is 4.98 Å². The van der Waals surface area contributed by atoms with Gasteiger partial charge in [0.25, 0.3) is 15.6 Å². The molecule has 3 aromatic carbocycles. The molecule has 0 saturated carbocycles. The number of aromatic amines is 1. The minimum Gasteiger partial charge on any atom is -0.306 e. The Hall–Kier alpha value is -3.36. The Labute approximate surface area is 183 Å². The molecule has 158 valence electrons. The number of rotatable bonds is 5. The lowest BCUT2D eigenvalue weighted by molar-refractivity contribution is 0.591. The smallest absolute Gasteiger partial charge is 0.306 e. The summed E-state index contributed by atoms with van der Waals surface area (Å²) in [5.74, 6) is 0. The van der Waals surface area contributed by atoms with Gasteiger partial charge in [0.05, 0.1) is 32.2 Å². The molecule has 0 radical (unpaired) electrons. The van der Waals surface area contributed by atoms with Crippen LogP contribution in [0.4, 0.5) is 5.69 Å². The number of benzene rings is 3. The molecule has 0 spiro atoms. The van der Waals surface area contributed by atoms with Crippen LogP contribution in [0.1, 0.15) is 6.92 Å². The zero-order valence-electron chi connectivity index (χ0n) is 16.4. The Kier molecular flexibility index (Phi) is 5.43. The molecule has 1 aromatic heterocycles. The Morgan fingerprint density at radius 3 is 2.35 bits per heavy atom. The van der Waals surface area contributed by atoms with Crippen LogP contribution in [0.25, 0.3) is 16.6 Å². The normalized spacial score (nSPS) is 11.5. The first-order valence-electron chi connectivity index (χ1n) is 9.46. The zero-order valence-corrected chi connectivity index (χ0v) is 18.0. The number of H-pyrrole nitrogens is 1. The van der Waals surface area contributed by atoms with E-state index in [0.717, 1.165) is 4.57 Å². The maximum Gasteiger partial charge on any atom is 0.333 e. The highest BCUT2D eigenvalue weighted by molar-refractivity contribution is 7.92. The number of aromatic nitrogens is 2. The second-order valence-corrected chi connectivity index (χ2v) is 9.00. The van der Waals surface area contributed by atoms with E-state index in [-0.39, 0.29) is 27.5 Å². The summed E-state index contributed by atoms with van der Waals surface area (Å²) in [4.78, 5) is 28.2. The van der Waals surface area contributed by atoms with Gasteiger partial charge in [-0.15, -0.1) is 0 Å². The van der Waals surface area contributed by atoms with Gasteiger partial charge in [-0.1, -0.05) is 41.9 Å². The van der Waals surface area contributed by atoms with Gasteiger partial charge in [0.2, 0.25) is 0 Å². The van der Waals surface area contributed by atoms with Crippen LogP contribution in [-0.4, -0.2) is 24.5 Å². The SMILES string of the molecule is CCN(c1ccccc1)S(=O)(=O)c1ccc(Cl)c(-n2c(=O)[nH]c3ccccc3c2=O)c1. The van der Waals surface area contributed by atoms with Crippen LogP contribution >= 0.6 is 11.6 Å². The van der Waals surface area contributed by atoms with Crippen LogP contribution in [0.3, 0.4) is 0 Å². The van der Waals surface area contributed by atoms with Crippen molar-refractivity contribution in [1.29, 1.82) is 0 Å². The van der Waals surface area contributed by atoms with Crippen molar-refractivity contribution >= 4 is 38.2 Å². The number of halogens is 1. The largest absolute Gasteiger partial charge is 0.333 e. The van der Waals surface area contributed by atoms with Crippen molar-refractivity contribution in [3.8, 4) is 5.69 Å². The molecule has 0 bridgehead atoms. The van der Waals surface area contributed by atoms with Crippen LogP contribution < -0.4 is 15.6 Å². The number of nitrogens with one attached hydrogen (secondary N) is 1. The number of hydrogen-bond acceptors (Lipinski definition) is 4. The van der Waals surface area contributed by atoms with Gasteiger partial charge < -0.3 is 4.98 Å². The third-order valence-corrected chi connectivity index (χ3v) is 7.10. The lowest BCUT2D eigenvalue weighted by Gasteiger charge is -2.23. The van der Waals surface area contributed by atoms with E-state index in [1.165, 1.54) is 22.5 Å². The summed E-state index contributed by atoms with van der Waals surface area (Å²) in [6.45, 7) is 1.92. The molecular weight excluding hydrogens is 438 g/mol. The van der Waals surface area contributed by atoms with Gasteiger partial charge in [0, 0.05) is 6.54 Å². The molecule has 0 amide bonds. The van der Waals surface area contributed by atoms with Crippen LogP contribution in [-0.2, 0) is 10.0 Å². The van der Waals surface area contributed by atoms with Crippen molar-refractivity contribution in [3.63, 3.8) is 0 Å². The summed E-state index contributed by atoms with van der Waals surface area (Å²) in [6.07, 6.45) is 0. The predicted octanol–water partition coefficient (Wildman–Crippen LogP) is 3.55. The van der Waals surface area contributed by atoms with Crippen LogP contribution in [0.5, 0.6) is 0 Å². The topological polar surface area (TPSA) is 92.2 Å². The maximum atomic E-state index is 13.4. The average Bonchev–Trinajstić information content (AvgIpc) is 2.76. The van der Waals surface area contributed by atoms with Crippen molar-refractivity contribution in [2.75, 3.05) is 10.8 Å². The molecule has 9 heteroatoms. The summed E-state index contributed by atoms with van der Waals surface area (Å²) >= 11 is 6.29. The lowest BCUT2D eigenvalue weighted by atomic mass is 10.2. The minimum atomic E-state index is -3.97. The molecule has 4 aromatic rings. The highest BCUT2D eigenvalue weighted by atomic mass is 35.5. The van der Waals surface area contributed by atoms with Crippen molar-refractivity contribution in [2.24, 2.45) is 0 Å². The molecule has 0 aliphatic carbocycles. The maximum absolute atomic E-state index is 13.4. The third kappa shape index (κ3) is 3.64. The standard InChI is InChI=1S/C22H18ClN3O4S/c1-2-25(15-8-4-3-5-9-15)31(29,30)16-12-13-18(23)20(14-16)26-21(27)17-10-6-7-11-19(17)24-22(26)28/h3-14H,2H2,1H3,(H,24,28). The summed E-state index contributed by atoms with van der Waals surface area (Å²) in [5, 5.41) is 0.357. The predicted molar refractivity (Wildman–Crippen MR) is 122 cm³/mol. The second kappa shape index (κ2) is 8.05. The first-order chi connectivity index (χ1) is 14.8. The van der Waals surface area contributed by atoms with Gasteiger partial charge in [-0.05, 0) is 49.4 Å². The van der Waals surface area contributed by atoms with E-state index in [4.69, 9.17) is 11.6 Å². The fraction of sp³-hybridized carbons (Fsp3) is 0.0909. The summed E-state index contributed by atoms with van der Waals surface area (Å²) in [5.41, 5.74) is -0.428. The van der Waals surface area contributed by atoms with E-state index < -0.39 is 21.3 Å². The van der Waals surface area contributed by atoms with Crippen LogP contribution in [0.15, 0.2) is 87.3 Å². The first-order valence-corrected chi connectivity index (χ1v) is 11.3. The molecule has 4 rings (SSSR count). The average molecular weight is 456 g/mol. The van der Waals surface area contributed by atoms with E-state index in [1.807, 2.05) is 0 Å². The van der Waals surface area contributed by atoms with Gasteiger partial charge in [0.15, 0.2) is 0 Å². The molecule has 1 N–H and O–H groups in total. The Bertz CT molecular complexity index is 1490. The molecule has 0 atom stereocenters. The number of anilines is 1. The number of hydrogen-bond donors (Lipinski definition) is 1. The molecule has 0 unspecified atom stereocenters. The minimum absolute atomic E-state index is 0.0103. The molecule has 0 fully saturated rings. The van der Waals surface area contributed by atoms with Crippen molar-refractivity contribution < 1.29 is 8.42 Å².